The molecule has 0 bridgehead atoms. The summed E-state index contributed by atoms with van der Waals surface area (Å²) in [5, 5.41) is 0. The van der Waals surface area contributed by atoms with E-state index in [1.54, 1.807) is 6.92 Å². The molecule has 0 aliphatic carbocycles. The standard InChI is InChI=1S/C15H17ClF3NO3/c1-9(11-4-6-12(7-5-11)15(17,18)19)20(13(21)8-16)10(2)14(22)23-3/h4-7,9-10H,8H2,1-3H3. The van der Waals surface area contributed by atoms with Crippen LogP contribution in [0.4, 0.5) is 13.2 Å². The first-order chi connectivity index (χ1) is 10.6. The number of carbonyl (C=O) groups excluding carboxylic acids is 2. The van der Waals surface area contributed by atoms with Crippen molar-refractivity contribution >= 4 is 23.5 Å². The molecule has 0 aliphatic rings. The van der Waals surface area contributed by atoms with Gasteiger partial charge in [0.1, 0.15) is 11.9 Å². The highest BCUT2D eigenvalue weighted by molar-refractivity contribution is 6.27. The van der Waals surface area contributed by atoms with Crippen LogP contribution in [0.15, 0.2) is 24.3 Å². The van der Waals surface area contributed by atoms with Crippen LogP contribution in [0, 0.1) is 0 Å². The number of hydrogen-bond donors (Lipinski definition) is 0. The van der Waals surface area contributed by atoms with Crippen LogP contribution in [0.3, 0.4) is 0 Å². The number of amides is 1. The monoisotopic (exact) mass is 351 g/mol. The summed E-state index contributed by atoms with van der Waals surface area (Å²) in [6.07, 6.45) is -4.44. The van der Waals surface area contributed by atoms with Gasteiger partial charge in [0.05, 0.1) is 18.7 Å². The number of nitrogens with zero attached hydrogens (tertiary/aromatic N) is 1. The fourth-order valence-corrected chi connectivity index (χ4v) is 2.37. The molecule has 0 radical (unpaired) electrons. The van der Waals surface area contributed by atoms with E-state index in [1.165, 1.54) is 31.1 Å². The average molecular weight is 352 g/mol. The minimum Gasteiger partial charge on any atom is -0.467 e. The van der Waals surface area contributed by atoms with Gasteiger partial charge in [0.15, 0.2) is 0 Å². The lowest BCUT2D eigenvalue weighted by molar-refractivity contribution is -0.153. The third-order valence-electron chi connectivity index (χ3n) is 3.50. The number of hydrogen-bond acceptors (Lipinski definition) is 3. The molecule has 0 fully saturated rings. The molecule has 1 rings (SSSR count). The van der Waals surface area contributed by atoms with Crippen molar-refractivity contribution in [3.63, 3.8) is 0 Å². The van der Waals surface area contributed by atoms with Gasteiger partial charge in [0.25, 0.3) is 0 Å². The number of carbonyl (C=O) groups is 2. The zero-order chi connectivity index (χ0) is 17.8. The normalized spacial score (nSPS) is 14.0. The number of esters is 1. The van der Waals surface area contributed by atoms with E-state index in [0.29, 0.717) is 5.56 Å². The molecule has 8 heteroatoms. The van der Waals surface area contributed by atoms with Crippen LogP contribution in [0.2, 0.25) is 0 Å². The van der Waals surface area contributed by atoms with Gasteiger partial charge in [-0.25, -0.2) is 4.79 Å². The summed E-state index contributed by atoms with van der Waals surface area (Å²) in [7, 11) is 1.19. The molecule has 0 saturated carbocycles. The largest absolute Gasteiger partial charge is 0.467 e. The van der Waals surface area contributed by atoms with Crippen LogP contribution >= 0.6 is 11.6 Å². The van der Waals surface area contributed by atoms with Crippen LogP contribution < -0.4 is 0 Å². The van der Waals surface area contributed by atoms with Gasteiger partial charge < -0.3 is 9.64 Å². The molecule has 2 atom stereocenters. The van der Waals surface area contributed by atoms with Gasteiger partial charge in [-0.3, -0.25) is 4.79 Å². The third kappa shape index (κ3) is 4.60. The highest BCUT2D eigenvalue weighted by Crippen LogP contribution is 2.31. The molecular weight excluding hydrogens is 335 g/mol. The highest BCUT2D eigenvalue weighted by Gasteiger charge is 2.33. The SMILES string of the molecule is COC(=O)C(C)N(C(=O)CCl)C(C)c1ccc(C(F)(F)F)cc1. The van der Waals surface area contributed by atoms with Gasteiger partial charge in [0, 0.05) is 0 Å². The Hall–Kier alpha value is -1.76. The highest BCUT2D eigenvalue weighted by atomic mass is 35.5. The minimum atomic E-state index is -4.44. The van der Waals surface area contributed by atoms with Crippen molar-refractivity contribution in [1.82, 2.24) is 4.90 Å². The average Bonchev–Trinajstić information content (AvgIpc) is 2.52. The second-order valence-electron chi connectivity index (χ2n) is 4.93. The van der Waals surface area contributed by atoms with E-state index in [9.17, 15) is 22.8 Å². The van der Waals surface area contributed by atoms with Gasteiger partial charge >= 0.3 is 12.1 Å². The lowest BCUT2D eigenvalue weighted by Crippen LogP contribution is -2.45. The predicted molar refractivity (Wildman–Crippen MR) is 78.9 cm³/mol. The zero-order valence-corrected chi connectivity index (χ0v) is 13.6. The first kappa shape index (κ1) is 19.3. The Labute approximate surface area is 137 Å². The zero-order valence-electron chi connectivity index (χ0n) is 12.9. The maximum atomic E-state index is 12.6. The second-order valence-corrected chi connectivity index (χ2v) is 5.20. The van der Waals surface area contributed by atoms with Crippen LogP contribution in [-0.4, -0.2) is 35.8 Å². The molecule has 0 aromatic heterocycles. The van der Waals surface area contributed by atoms with Crippen LogP contribution in [0.5, 0.6) is 0 Å². The van der Waals surface area contributed by atoms with Gasteiger partial charge in [-0.05, 0) is 31.5 Å². The Morgan fingerprint density at radius 1 is 1.22 bits per heavy atom. The smallest absolute Gasteiger partial charge is 0.416 e. The van der Waals surface area contributed by atoms with Crippen LogP contribution in [-0.2, 0) is 20.5 Å². The Balaban J connectivity index is 3.12. The maximum Gasteiger partial charge on any atom is 0.416 e. The van der Waals surface area contributed by atoms with Crippen molar-refractivity contribution in [2.45, 2.75) is 32.1 Å². The second kappa shape index (κ2) is 7.68. The van der Waals surface area contributed by atoms with Gasteiger partial charge in [0.2, 0.25) is 5.91 Å². The van der Waals surface area contributed by atoms with E-state index in [0.717, 1.165) is 12.1 Å². The van der Waals surface area contributed by atoms with Crippen molar-refractivity contribution in [1.29, 1.82) is 0 Å². The summed E-state index contributed by atoms with van der Waals surface area (Å²) in [4.78, 5) is 24.9. The number of rotatable bonds is 5. The van der Waals surface area contributed by atoms with Crippen LogP contribution in [0.25, 0.3) is 0 Å². The summed E-state index contributed by atoms with van der Waals surface area (Å²) >= 11 is 5.56. The van der Waals surface area contributed by atoms with Gasteiger partial charge in [-0.1, -0.05) is 12.1 Å². The summed E-state index contributed by atoms with van der Waals surface area (Å²) in [6, 6.07) is 2.84. The summed E-state index contributed by atoms with van der Waals surface area (Å²) in [5.41, 5.74) is -0.336. The summed E-state index contributed by atoms with van der Waals surface area (Å²) < 4.78 is 42.4. The summed E-state index contributed by atoms with van der Waals surface area (Å²) in [6.45, 7) is 3.07. The first-order valence-electron chi connectivity index (χ1n) is 6.75. The molecule has 128 valence electrons. The molecule has 1 aromatic rings. The molecule has 4 nitrogen and oxygen atoms in total. The molecule has 1 amide bonds. The number of methoxy groups -OCH3 is 1. The van der Waals surface area contributed by atoms with E-state index in [-0.39, 0.29) is 5.88 Å². The first-order valence-corrected chi connectivity index (χ1v) is 7.29. The maximum absolute atomic E-state index is 12.6. The Morgan fingerprint density at radius 3 is 2.13 bits per heavy atom. The third-order valence-corrected chi connectivity index (χ3v) is 3.73. The fraction of sp³-hybridized carbons (Fsp3) is 0.467. The van der Waals surface area contributed by atoms with Crippen molar-refractivity contribution in [2.24, 2.45) is 0 Å². The van der Waals surface area contributed by atoms with Crippen molar-refractivity contribution in [3.8, 4) is 0 Å². The van der Waals surface area contributed by atoms with Gasteiger partial charge in [-0.2, -0.15) is 13.2 Å². The molecular formula is C15H17ClF3NO3. The van der Waals surface area contributed by atoms with Crippen molar-refractivity contribution in [3.05, 3.63) is 35.4 Å². The molecule has 0 spiro atoms. The Morgan fingerprint density at radius 2 is 1.74 bits per heavy atom. The van der Waals surface area contributed by atoms with Crippen molar-refractivity contribution in [2.75, 3.05) is 13.0 Å². The Bertz CT molecular complexity index is 560. The lowest BCUT2D eigenvalue weighted by atomic mass is 10.0. The van der Waals surface area contributed by atoms with Gasteiger partial charge in [-0.15, -0.1) is 11.6 Å². The van der Waals surface area contributed by atoms with E-state index in [4.69, 9.17) is 11.6 Å². The number of alkyl halides is 4. The topological polar surface area (TPSA) is 46.6 Å². The van der Waals surface area contributed by atoms with E-state index < -0.39 is 35.7 Å². The van der Waals surface area contributed by atoms with E-state index in [2.05, 4.69) is 4.74 Å². The lowest BCUT2D eigenvalue weighted by Gasteiger charge is -2.33. The number of ether oxygens (including phenoxy) is 1. The molecule has 23 heavy (non-hydrogen) atoms. The molecule has 2 unspecified atom stereocenters. The molecule has 0 saturated heterocycles. The molecule has 1 aromatic carbocycles. The number of benzene rings is 1. The molecule has 0 N–H and O–H groups in total. The number of halogens is 4. The minimum absolute atomic E-state index is 0.355. The fourth-order valence-electron chi connectivity index (χ4n) is 2.23. The van der Waals surface area contributed by atoms with Crippen LogP contribution in [0.1, 0.15) is 31.0 Å². The quantitative estimate of drug-likeness (QED) is 0.603. The van der Waals surface area contributed by atoms with E-state index in [1.807, 2.05) is 0 Å². The van der Waals surface area contributed by atoms with E-state index >= 15 is 0 Å². The Kier molecular flexibility index (Phi) is 6.44. The molecule has 0 aliphatic heterocycles. The predicted octanol–water partition coefficient (Wildman–Crippen LogP) is 3.40. The summed E-state index contributed by atoms with van der Waals surface area (Å²) in [5.74, 6) is -1.51. The van der Waals surface area contributed by atoms with Crippen molar-refractivity contribution < 1.29 is 27.5 Å². The molecule has 0 heterocycles.